The second-order valence-electron chi connectivity index (χ2n) is 4.16. The molecule has 1 N–H and O–H groups in total. The van der Waals surface area contributed by atoms with Crippen LogP contribution < -0.4 is 5.32 Å². The van der Waals surface area contributed by atoms with Crippen LogP contribution in [0.1, 0.15) is 33.1 Å². The van der Waals surface area contributed by atoms with Gasteiger partial charge in [0.1, 0.15) is 0 Å². The molecule has 2 nitrogen and oxygen atoms in total. The Morgan fingerprint density at radius 2 is 2.17 bits per heavy atom. The molecule has 70 valence electrons. The van der Waals surface area contributed by atoms with E-state index in [0.29, 0.717) is 18.2 Å². The zero-order chi connectivity index (χ0) is 8.55. The summed E-state index contributed by atoms with van der Waals surface area (Å²) in [5.74, 6) is 0.874. The van der Waals surface area contributed by atoms with Gasteiger partial charge in [-0.05, 0) is 32.1 Å². The maximum absolute atomic E-state index is 6.01. The third-order valence-corrected chi connectivity index (χ3v) is 3.10. The molecule has 2 rings (SSSR count). The van der Waals surface area contributed by atoms with Gasteiger partial charge in [-0.1, -0.05) is 6.92 Å². The van der Waals surface area contributed by atoms with Crippen LogP contribution in [0.15, 0.2) is 0 Å². The molecule has 1 aliphatic carbocycles. The first-order valence-corrected chi connectivity index (χ1v) is 5.20. The lowest BCUT2D eigenvalue weighted by Crippen LogP contribution is -2.51. The summed E-state index contributed by atoms with van der Waals surface area (Å²) < 4.78 is 6.01. The number of ether oxygens (including phenoxy) is 1. The summed E-state index contributed by atoms with van der Waals surface area (Å²) in [5.41, 5.74) is 0. The Bertz CT molecular complexity index is 156. The van der Waals surface area contributed by atoms with Gasteiger partial charge in [0.15, 0.2) is 0 Å². The number of nitrogens with one attached hydrogen (secondary N) is 1. The van der Waals surface area contributed by atoms with Gasteiger partial charge in [0.25, 0.3) is 0 Å². The number of hydrogen-bond donors (Lipinski definition) is 1. The molecule has 2 heteroatoms. The van der Waals surface area contributed by atoms with E-state index >= 15 is 0 Å². The SMILES string of the molecule is CCC1OC(C2CC2)CNC1C. The van der Waals surface area contributed by atoms with Crippen LogP contribution in [0.5, 0.6) is 0 Å². The van der Waals surface area contributed by atoms with Crippen molar-refractivity contribution in [3.8, 4) is 0 Å². The Hall–Kier alpha value is -0.0800. The van der Waals surface area contributed by atoms with E-state index in [1.165, 1.54) is 12.8 Å². The van der Waals surface area contributed by atoms with Crippen molar-refractivity contribution in [2.45, 2.75) is 51.4 Å². The molecule has 1 aliphatic heterocycles. The van der Waals surface area contributed by atoms with E-state index in [2.05, 4.69) is 19.2 Å². The quantitative estimate of drug-likeness (QED) is 0.677. The van der Waals surface area contributed by atoms with Crippen molar-refractivity contribution in [2.75, 3.05) is 6.54 Å². The average molecular weight is 169 g/mol. The topological polar surface area (TPSA) is 21.3 Å². The maximum atomic E-state index is 6.01. The standard InChI is InChI=1S/C10H19NO/c1-3-9-7(2)11-6-10(12-9)8-4-5-8/h7-11H,3-6H2,1-2H3. The second kappa shape index (κ2) is 3.35. The number of morpholine rings is 1. The van der Waals surface area contributed by atoms with Crippen molar-refractivity contribution in [1.29, 1.82) is 0 Å². The summed E-state index contributed by atoms with van der Waals surface area (Å²) >= 11 is 0. The summed E-state index contributed by atoms with van der Waals surface area (Å²) in [7, 11) is 0. The predicted molar refractivity (Wildman–Crippen MR) is 49.1 cm³/mol. The van der Waals surface area contributed by atoms with Crippen LogP contribution >= 0.6 is 0 Å². The van der Waals surface area contributed by atoms with Crippen LogP contribution in [0.25, 0.3) is 0 Å². The van der Waals surface area contributed by atoms with E-state index in [4.69, 9.17) is 4.74 Å². The molecule has 12 heavy (non-hydrogen) atoms. The minimum absolute atomic E-state index is 0.448. The van der Waals surface area contributed by atoms with Gasteiger partial charge in [-0.3, -0.25) is 0 Å². The lowest BCUT2D eigenvalue weighted by Gasteiger charge is -2.35. The Morgan fingerprint density at radius 3 is 2.75 bits per heavy atom. The molecule has 1 heterocycles. The first kappa shape index (κ1) is 8.52. The molecule has 0 radical (unpaired) electrons. The fourth-order valence-electron chi connectivity index (χ4n) is 2.02. The molecule has 3 atom stereocenters. The Labute approximate surface area is 74.7 Å². The summed E-state index contributed by atoms with van der Waals surface area (Å²) in [6.07, 6.45) is 4.88. The molecule has 1 saturated carbocycles. The zero-order valence-corrected chi connectivity index (χ0v) is 8.05. The van der Waals surface area contributed by atoms with Gasteiger partial charge in [-0.25, -0.2) is 0 Å². The fraction of sp³-hybridized carbons (Fsp3) is 1.00. The minimum Gasteiger partial charge on any atom is -0.372 e. The van der Waals surface area contributed by atoms with Gasteiger partial charge in [-0.15, -0.1) is 0 Å². The van der Waals surface area contributed by atoms with Crippen molar-refractivity contribution in [3.63, 3.8) is 0 Å². The van der Waals surface area contributed by atoms with Crippen molar-refractivity contribution < 1.29 is 4.74 Å². The van der Waals surface area contributed by atoms with Gasteiger partial charge in [-0.2, -0.15) is 0 Å². The van der Waals surface area contributed by atoms with Crippen LogP contribution in [0.4, 0.5) is 0 Å². The van der Waals surface area contributed by atoms with Crippen molar-refractivity contribution >= 4 is 0 Å². The molecule has 2 fully saturated rings. The third kappa shape index (κ3) is 1.64. The lowest BCUT2D eigenvalue weighted by molar-refractivity contribution is -0.0695. The van der Waals surface area contributed by atoms with Crippen LogP contribution in [0.3, 0.4) is 0 Å². The molecular weight excluding hydrogens is 150 g/mol. The molecule has 0 spiro atoms. The first-order valence-electron chi connectivity index (χ1n) is 5.20. The van der Waals surface area contributed by atoms with Crippen molar-refractivity contribution in [3.05, 3.63) is 0 Å². The molecule has 3 unspecified atom stereocenters. The van der Waals surface area contributed by atoms with Crippen LogP contribution in [-0.2, 0) is 4.74 Å². The van der Waals surface area contributed by atoms with Gasteiger partial charge in [0, 0.05) is 12.6 Å². The third-order valence-electron chi connectivity index (χ3n) is 3.10. The molecule has 0 amide bonds. The van der Waals surface area contributed by atoms with E-state index in [9.17, 15) is 0 Å². The smallest absolute Gasteiger partial charge is 0.0732 e. The van der Waals surface area contributed by atoms with E-state index in [0.717, 1.165) is 18.9 Å². The molecule has 0 bridgehead atoms. The molecule has 0 aromatic rings. The average Bonchev–Trinajstić information content (AvgIpc) is 2.88. The molecule has 0 aromatic heterocycles. The fourth-order valence-corrected chi connectivity index (χ4v) is 2.02. The lowest BCUT2D eigenvalue weighted by atomic mass is 10.1. The summed E-state index contributed by atoms with van der Waals surface area (Å²) in [5, 5.41) is 3.53. The van der Waals surface area contributed by atoms with Gasteiger partial charge >= 0.3 is 0 Å². The largest absolute Gasteiger partial charge is 0.372 e. The van der Waals surface area contributed by atoms with E-state index in [1.807, 2.05) is 0 Å². The van der Waals surface area contributed by atoms with Crippen molar-refractivity contribution in [2.24, 2.45) is 5.92 Å². The van der Waals surface area contributed by atoms with Crippen molar-refractivity contribution in [1.82, 2.24) is 5.32 Å². The second-order valence-corrected chi connectivity index (χ2v) is 4.16. The van der Waals surface area contributed by atoms with Crippen LogP contribution in [-0.4, -0.2) is 24.8 Å². The van der Waals surface area contributed by atoms with Gasteiger partial charge < -0.3 is 10.1 Å². The Kier molecular flexibility index (Phi) is 2.37. The summed E-state index contributed by atoms with van der Waals surface area (Å²) in [6.45, 7) is 5.50. The van der Waals surface area contributed by atoms with Gasteiger partial charge in [0.2, 0.25) is 0 Å². The Morgan fingerprint density at radius 1 is 1.42 bits per heavy atom. The van der Waals surface area contributed by atoms with E-state index in [1.54, 1.807) is 0 Å². The first-order chi connectivity index (χ1) is 5.81. The normalized spacial score (nSPS) is 43.0. The molecule has 0 aromatic carbocycles. The number of hydrogen-bond acceptors (Lipinski definition) is 2. The number of rotatable bonds is 2. The van der Waals surface area contributed by atoms with Gasteiger partial charge in [0.05, 0.1) is 12.2 Å². The van der Waals surface area contributed by atoms with Crippen LogP contribution in [0.2, 0.25) is 0 Å². The molecule has 2 aliphatic rings. The highest BCUT2D eigenvalue weighted by molar-refractivity contribution is 4.89. The van der Waals surface area contributed by atoms with E-state index in [-0.39, 0.29) is 0 Å². The molecule has 1 saturated heterocycles. The van der Waals surface area contributed by atoms with E-state index < -0.39 is 0 Å². The predicted octanol–water partition coefficient (Wildman–Crippen LogP) is 1.55. The Balaban J connectivity index is 1.87. The zero-order valence-electron chi connectivity index (χ0n) is 8.05. The highest BCUT2D eigenvalue weighted by atomic mass is 16.5. The highest BCUT2D eigenvalue weighted by Crippen LogP contribution is 2.36. The minimum atomic E-state index is 0.448. The summed E-state index contributed by atoms with van der Waals surface area (Å²) in [4.78, 5) is 0. The molecular formula is C10H19NO. The maximum Gasteiger partial charge on any atom is 0.0732 e. The highest BCUT2D eigenvalue weighted by Gasteiger charge is 2.37. The monoisotopic (exact) mass is 169 g/mol. The van der Waals surface area contributed by atoms with Crippen LogP contribution in [0, 0.1) is 5.92 Å². The summed E-state index contributed by atoms with van der Waals surface area (Å²) in [6, 6.07) is 0.546.